The molecular weight excluding hydrogens is 364 g/mol. The van der Waals surface area contributed by atoms with Gasteiger partial charge in [-0.25, -0.2) is 9.97 Å². The summed E-state index contributed by atoms with van der Waals surface area (Å²) < 4.78 is 0. The number of aromatic nitrogens is 2. The molecule has 2 aromatic carbocycles. The Morgan fingerprint density at radius 2 is 1.93 bits per heavy atom. The standard InChI is InChI=1S/C23H24N4O2/c1-2-3-20-23(27-21(29)12-14-4-8-17(28)9-5-14)26-19-11-6-15-13-16(24)7-10-18(15)22(19)25-20/h4-5,7-10,13,28H,2-3,6,11-12,24H2,1H3,(H,26,27,29). The first kappa shape index (κ1) is 18.9. The number of anilines is 2. The van der Waals surface area contributed by atoms with E-state index in [-0.39, 0.29) is 18.1 Å². The molecule has 0 saturated heterocycles. The van der Waals surface area contributed by atoms with Crippen LogP contribution < -0.4 is 11.1 Å². The predicted molar refractivity (Wildman–Crippen MR) is 114 cm³/mol. The van der Waals surface area contributed by atoms with Crippen molar-refractivity contribution in [1.82, 2.24) is 9.97 Å². The summed E-state index contributed by atoms with van der Waals surface area (Å²) in [4.78, 5) is 22.2. The van der Waals surface area contributed by atoms with Gasteiger partial charge in [-0.2, -0.15) is 0 Å². The van der Waals surface area contributed by atoms with E-state index in [0.29, 0.717) is 5.82 Å². The van der Waals surface area contributed by atoms with Crippen LogP contribution in [0.15, 0.2) is 42.5 Å². The summed E-state index contributed by atoms with van der Waals surface area (Å²) in [6, 6.07) is 12.5. The lowest BCUT2D eigenvalue weighted by Crippen LogP contribution is -2.19. The third kappa shape index (κ3) is 4.06. The second-order valence-corrected chi connectivity index (χ2v) is 7.37. The van der Waals surface area contributed by atoms with Crippen LogP contribution in [0, 0.1) is 0 Å². The predicted octanol–water partition coefficient (Wildman–Crippen LogP) is 3.66. The number of nitrogens with two attached hydrogens (primary N) is 1. The van der Waals surface area contributed by atoms with E-state index in [9.17, 15) is 9.90 Å². The molecule has 3 aromatic rings. The van der Waals surface area contributed by atoms with Gasteiger partial charge in [-0.05, 0) is 54.7 Å². The Morgan fingerprint density at radius 1 is 1.14 bits per heavy atom. The molecule has 4 N–H and O–H groups in total. The lowest BCUT2D eigenvalue weighted by atomic mass is 9.91. The first-order chi connectivity index (χ1) is 14.0. The molecule has 0 fully saturated rings. The first-order valence-electron chi connectivity index (χ1n) is 9.90. The normalized spacial score (nSPS) is 12.2. The molecular formula is C23H24N4O2. The Labute approximate surface area is 169 Å². The average molecular weight is 388 g/mol. The van der Waals surface area contributed by atoms with Gasteiger partial charge in [0.1, 0.15) is 5.75 Å². The van der Waals surface area contributed by atoms with Crippen LogP contribution in [0.25, 0.3) is 11.3 Å². The highest BCUT2D eigenvalue weighted by molar-refractivity contribution is 5.92. The lowest BCUT2D eigenvalue weighted by molar-refractivity contribution is -0.115. The summed E-state index contributed by atoms with van der Waals surface area (Å²) >= 11 is 0. The van der Waals surface area contributed by atoms with Gasteiger partial charge in [-0.3, -0.25) is 4.79 Å². The second kappa shape index (κ2) is 7.91. The Balaban J connectivity index is 1.63. The maximum Gasteiger partial charge on any atom is 0.229 e. The Morgan fingerprint density at radius 3 is 2.69 bits per heavy atom. The lowest BCUT2D eigenvalue weighted by Gasteiger charge is -2.21. The van der Waals surface area contributed by atoms with Gasteiger partial charge >= 0.3 is 0 Å². The van der Waals surface area contributed by atoms with Crippen molar-refractivity contribution in [1.29, 1.82) is 0 Å². The third-order valence-electron chi connectivity index (χ3n) is 5.10. The summed E-state index contributed by atoms with van der Waals surface area (Å²) in [5.41, 5.74) is 12.4. The molecule has 0 unspecified atom stereocenters. The van der Waals surface area contributed by atoms with Crippen LogP contribution >= 0.6 is 0 Å². The fraction of sp³-hybridized carbons (Fsp3) is 0.261. The number of nitrogens with one attached hydrogen (secondary N) is 1. The number of carbonyl (C=O) groups is 1. The number of nitrogen functional groups attached to an aromatic ring is 1. The summed E-state index contributed by atoms with van der Waals surface area (Å²) in [5.74, 6) is 0.585. The van der Waals surface area contributed by atoms with Gasteiger partial charge in [0.2, 0.25) is 5.91 Å². The highest BCUT2D eigenvalue weighted by Crippen LogP contribution is 2.34. The number of aromatic hydroxyl groups is 1. The van der Waals surface area contributed by atoms with E-state index in [4.69, 9.17) is 15.7 Å². The van der Waals surface area contributed by atoms with Gasteiger partial charge in [0.05, 0.1) is 23.5 Å². The number of rotatable bonds is 5. The van der Waals surface area contributed by atoms with E-state index in [2.05, 4.69) is 12.2 Å². The largest absolute Gasteiger partial charge is 0.508 e. The number of nitrogens with zero attached hydrogens (tertiary/aromatic N) is 2. The molecule has 6 nitrogen and oxygen atoms in total. The van der Waals surface area contributed by atoms with E-state index >= 15 is 0 Å². The van der Waals surface area contributed by atoms with Gasteiger partial charge in [0.15, 0.2) is 5.82 Å². The van der Waals surface area contributed by atoms with Gasteiger partial charge in [0, 0.05) is 11.3 Å². The highest BCUT2D eigenvalue weighted by atomic mass is 16.3. The summed E-state index contributed by atoms with van der Waals surface area (Å²) in [6.45, 7) is 2.08. The zero-order valence-corrected chi connectivity index (χ0v) is 16.4. The van der Waals surface area contributed by atoms with E-state index in [1.54, 1.807) is 24.3 Å². The van der Waals surface area contributed by atoms with Crippen LogP contribution in [0.3, 0.4) is 0 Å². The van der Waals surface area contributed by atoms with Crippen LogP contribution in [0.5, 0.6) is 5.75 Å². The van der Waals surface area contributed by atoms with Crippen molar-refractivity contribution in [3.05, 3.63) is 65.0 Å². The number of aryl methyl sites for hydroxylation is 3. The fourth-order valence-corrected chi connectivity index (χ4v) is 3.69. The van der Waals surface area contributed by atoms with Gasteiger partial charge < -0.3 is 16.2 Å². The molecule has 148 valence electrons. The number of amides is 1. The molecule has 0 saturated carbocycles. The van der Waals surface area contributed by atoms with Crippen molar-refractivity contribution in [2.45, 2.75) is 39.0 Å². The number of phenolic OH excluding ortho intramolecular Hbond substituents is 1. The maximum absolute atomic E-state index is 12.6. The summed E-state index contributed by atoms with van der Waals surface area (Å²) in [6.07, 6.45) is 3.48. The number of hydrogen-bond acceptors (Lipinski definition) is 5. The number of hydrogen-bond donors (Lipinski definition) is 3. The molecule has 1 amide bonds. The maximum atomic E-state index is 12.6. The van der Waals surface area contributed by atoms with Crippen LogP contribution in [-0.4, -0.2) is 21.0 Å². The molecule has 4 rings (SSSR count). The minimum Gasteiger partial charge on any atom is -0.508 e. The SMILES string of the molecule is CCCc1nc2c(nc1NC(=O)Cc1ccc(O)cc1)CCc1cc(N)ccc1-2. The van der Waals surface area contributed by atoms with Crippen molar-refractivity contribution >= 4 is 17.4 Å². The average Bonchev–Trinajstić information content (AvgIpc) is 2.70. The summed E-state index contributed by atoms with van der Waals surface area (Å²) in [7, 11) is 0. The monoisotopic (exact) mass is 388 g/mol. The van der Waals surface area contributed by atoms with E-state index in [1.807, 2.05) is 18.2 Å². The summed E-state index contributed by atoms with van der Waals surface area (Å²) in [5, 5.41) is 12.3. The molecule has 0 atom stereocenters. The molecule has 29 heavy (non-hydrogen) atoms. The van der Waals surface area contributed by atoms with Crippen LogP contribution in [0.2, 0.25) is 0 Å². The highest BCUT2D eigenvalue weighted by Gasteiger charge is 2.22. The Kier molecular flexibility index (Phi) is 5.16. The van der Waals surface area contributed by atoms with E-state index < -0.39 is 0 Å². The van der Waals surface area contributed by atoms with Crippen molar-refractivity contribution in [3.63, 3.8) is 0 Å². The molecule has 0 spiro atoms. The quantitative estimate of drug-likeness (QED) is 0.579. The van der Waals surface area contributed by atoms with E-state index in [0.717, 1.165) is 59.6 Å². The number of benzene rings is 2. The van der Waals surface area contributed by atoms with Gasteiger partial charge in [-0.15, -0.1) is 0 Å². The minimum absolute atomic E-state index is 0.147. The topological polar surface area (TPSA) is 101 Å². The molecule has 1 heterocycles. The van der Waals surface area contributed by atoms with Gasteiger partial charge in [0.25, 0.3) is 0 Å². The van der Waals surface area contributed by atoms with Crippen molar-refractivity contribution in [3.8, 4) is 17.0 Å². The molecule has 1 aliphatic rings. The molecule has 0 aliphatic heterocycles. The number of fused-ring (bicyclic) bond motifs is 3. The first-order valence-corrected chi connectivity index (χ1v) is 9.90. The molecule has 1 aliphatic carbocycles. The molecule has 0 bridgehead atoms. The zero-order valence-electron chi connectivity index (χ0n) is 16.4. The zero-order chi connectivity index (χ0) is 20.4. The third-order valence-corrected chi connectivity index (χ3v) is 5.10. The second-order valence-electron chi connectivity index (χ2n) is 7.37. The molecule has 0 radical (unpaired) electrons. The smallest absolute Gasteiger partial charge is 0.229 e. The fourth-order valence-electron chi connectivity index (χ4n) is 3.69. The van der Waals surface area contributed by atoms with Crippen molar-refractivity contribution in [2.75, 3.05) is 11.1 Å². The van der Waals surface area contributed by atoms with E-state index in [1.165, 1.54) is 5.56 Å². The number of carbonyl (C=O) groups excluding carboxylic acids is 1. The van der Waals surface area contributed by atoms with Crippen molar-refractivity contribution < 1.29 is 9.90 Å². The Bertz CT molecular complexity index is 1060. The number of phenols is 1. The van der Waals surface area contributed by atoms with Crippen LogP contribution in [-0.2, 0) is 30.5 Å². The van der Waals surface area contributed by atoms with Crippen LogP contribution in [0.1, 0.15) is 35.9 Å². The van der Waals surface area contributed by atoms with Gasteiger partial charge in [-0.1, -0.05) is 31.5 Å². The molecule has 1 aromatic heterocycles. The minimum atomic E-state index is -0.147. The molecule has 6 heteroatoms. The van der Waals surface area contributed by atoms with Crippen molar-refractivity contribution in [2.24, 2.45) is 0 Å². The Hall–Kier alpha value is -3.41. The van der Waals surface area contributed by atoms with Crippen LogP contribution in [0.4, 0.5) is 11.5 Å².